The van der Waals surface area contributed by atoms with E-state index < -0.39 is 0 Å². The summed E-state index contributed by atoms with van der Waals surface area (Å²) < 4.78 is 0. The lowest BCUT2D eigenvalue weighted by molar-refractivity contribution is -0.123. The van der Waals surface area contributed by atoms with Crippen molar-refractivity contribution in [1.82, 2.24) is 9.80 Å². The van der Waals surface area contributed by atoms with Gasteiger partial charge in [0.25, 0.3) is 5.91 Å². The number of aryl methyl sites for hydroxylation is 1. The molecule has 0 atom stereocenters. The van der Waals surface area contributed by atoms with E-state index in [0.717, 1.165) is 18.4 Å². The van der Waals surface area contributed by atoms with Gasteiger partial charge in [0.1, 0.15) is 5.70 Å². The minimum absolute atomic E-state index is 0.197. The van der Waals surface area contributed by atoms with Crippen LogP contribution in [0.4, 0.5) is 4.79 Å². The van der Waals surface area contributed by atoms with Crippen LogP contribution in [0.5, 0.6) is 0 Å². The molecule has 0 aliphatic carbocycles. The number of benzene rings is 1. The maximum Gasteiger partial charge on any atom is 0.331 e. The van der Waals surface area contributed by atoms with E-state index in [1.54, 1.807) is 13.1 Å². The fourth-order valence-corrected chi connectivity index (χ4v) is 2.49. The number of rotatable bonds is 5. The molecule has 4 nitrogen and oxygen atoms in total. The van der Waals surface area contributed by atoms with Crippen molar-refractivity contribution in [1.29, 1.82) is 0 Å². The largest absolute Gasteiger partial charge is 0.331 e. The molecule has 1 aliphatic heterocycles. The Kier molecular flexibility index (Phi) is 5.01. The van der Waals surface area contributed by atoms with Gasteiger partial charge in [-0.25, -0.2) is 4.79 Å². The van der Waals surface area contributed by atoms with Crippen molar-refractivity contribution in [3.05, 3.63) is 41.1 Å². The molecule has 0 radical (unpaired) electrons. The van der Waals surface area contributed by atoms with Crippen LogP contribution in [-0.4, -0.2) is 35.3 Å². The summed E-state index contributed by atoms with van der Waals surface area (Å²) in [6, 6.07) is 7.67. The van der Waals surface area contributed by atoms with Crippen molar-refractivity contribution in [3.63, 3.8) is 0 Å². The number of likely N-dealkylation sites (N-methyl/N-ethyl adjacent to an activating group) is 1. The van der Waals surface area contributed by atoms with Crippen molar-refractivity contribution < 1.29 is 9.59 Å². The molecule has 1 fully saturated rings. The Morgan fingerprint density at radius 1 is 1.14 bits per heavy atom. The molecule has 118 valence electrons. The van der Waals surface area contributed by atoms with Gasteiger partial charge in [-0.05, 0) is 37.3 Å². The van der Waals surface area contributed by atoms with Crippen molar-refractivity contribution in [2.45, 2.75) is 33.6 Å². The molecule has 0 saturated carbocycles. The summed E-state index contributed by atoms with van der Waals surface area (Å²) in [5, 5.41) is 0. The van der Waals surface area contributed by atoms with E-state index in [1.807, 2.05) is 31.2 Å². The minimum atomic E-state index is -0.230. The fourth-order valence-electron chi connectivity index (χ4n) is 2.49. The van der Waals surface area contributed by atoms with Crippen LogP contribution in [0.25, 0.3) is 6.08 Å². The van der Waals surface area contributed by atoms with E-state index in [1.165, 1.54) is 15.4 Å². The highest BCUT2D eigenvalue weighted by Gasteiger charge is 2.38. The molecule has 2 rings (SSSR count). The van der Waals surface area contributed by atoms with Crippen molar-refractivity contribution >= 4 is 18.0 Å². The number of amides is 3. The van der Waals surface area contributed by atoms with Crippen molar-refractivity contribution in [2.75, 3.05) is 13.6 Å². The quantitative estimate of drug-likeness (QED) is 0.615. The molecule has 3 amide bonds. The second kappa shape index (κ2) is 6.77. The van der Waals surface area contributed by atoms with Gasteiger partial charge < -0.3 is 0 Å². The molecule has 1 heterocycles. The summed E-state index contributed by atoms with van der Waals surface area (Å²) in [6.07, 6.45) is 3.64. The summed E-state index contributed by atoms with van der Waals surface area (Å²) in [4.78, 5) is 27.5. The third-order valence-corrected chi connectivity index (χ3v) is 3.89. The zero-order valence-corrected chi connectivity index (χ0v) is 13.8. The van der Waals surface area contributed by atoms with Crippen LogP contribution in [-0.2, 0) is 4.79 Å². The van der Waals surface area contributed by atoms with Crippen LogP contribution in [0.3, 0.4) is 0 Å². The molecule has 0 aromatic heterocycles. The SMILES string of the molecule is Cc1ccc(/C=C2/C(=O)N(CCCC(C)C)C(=O)N2C)cc1. The Morgan fingerprint density at radius 2 is 1.77 bits per heavy atom. The molecule has 1 aromatic rings. The lowest BCUT2D eigenvalue weighted by Gasteiger charge is -2.13. The van der Waals surface area contributed by atoms with Crippen molar-refractivity contribution in [3.8, 4) is 0 Å². The molecular formula is C18H24N2O2. The minimum Gasteiger partial charge on any atom is -0.292 e. The molecule has 0 unspecified atom stereocenters. The first kappa shape index (κ1) is 16.3. The number of carbonyl (C=O) groups is 2. The van der Waals surface area contributed by atoms with E-state index in [9.17, 15) is 9.59 Å². The standard InChI is InChI=1S/C18H24N2O2/c1-13(2)6-5-11-20-17(21)16(19(4)18(20)22)12-15-9-7-14(3)8-10-15/h7-10,12-13H,5-6,11H2,1-4H3/b16-12-. The third-order valence-electron chi connectivity index (χ3n) is 3.89. The topological polar surface area (TPSA) is 40.6 Å². The lowest BCUT2D eigenvalue weighted by atomic mass is 10.1. The molecule has 0 bridgehead atoms. The Bertz CT molecular complexity index is 588. The van der Waals surface area contributed by atoms with Gasteiger partial charge in [0, 0.05) is 13.6 Å². The van der Waals surface area contributed by atoms with Gasteiger partial charge in [-0.3, -0.25) is 14.6 Å². The Labute approximate surface area is 132 Å². The average Bonchev–Trinajstić information content (AvgIpc) is 2.66. The number of carbonyl (C=O) groups excluding carboxylic acids is 2. The van der Waals surface area contributed by atoms with Crippen LogP contribution in [0.2, 0.25) is 0 Å². The summed E-state index contributed by atoms with van der Waals surface area (Å²) in [6.45, 7) is 6.79. The van der Waals surface area contributed by atoms with Gasteiger partial charge in [0.15, 0.2) is 0 Å². The first-order chi connectivity index (χ1) is 10.4. The second-order valence-corrected chi connectivity index (χ2v) is 6.27. The number of nitrogens with zero attached hydrogens (tertiary/aromatic N) is 2. The first-order valence-corrected chi connectivity index (χ1v) is 7.78. The van der Waals surface area contributed by atoms with Crippen molar-refractivity contribution in [2.24, 2.45) is 5.92 Å². The fraction of sp³-hybridized carbons (Fsp3) is 0.444. The molecule has 1 aliphatic rings. The smallest absolute Gasteiger partial charge is 0.292 e. The lowest BCUT2D eigenvalue weighted by Crippen LogP contribution is -2.32. The first-order valence-electron chi connectivity index (χ1n) is 7.78. The van der Waals surface area contributed by atoms with Gasteiger partial charge in [0.05, 0.1) is 0 Å². The predicted molar refractivity (Wildman–Crippen MR) is 88.1 cm³/mol. The number of imide groups is 1. The molecule has 22 heavy (non-hydrogen) atoms. The zero-order valence-electron chi connectivity index (χ0n) is 13.8. The summed E-state index contributed by atoms with van der Waals surface area (Å²) in [5.41, 5.74) is 2.54. The van der Waals surface area contributed by atoms with Gasteiger partial charge in [0.2, 0.25) is 0 Å². The van der Waals surface area contributed by atoms with E-state index in [2.05, 4.69) is 13.8 Å². The normalized spacial score (nSPS) is 17.2. The highest BCUT2D eigenvalue weighted by Crippen LogP contribution is 2.22. The van der Waals surface area contributed by atoms with Gasteiger partial charge >= 0.3 is 6.03 Å². The van der Waals surface area contributed by atoms with Crippen LogP contribution >= 0.6 is 0 Å². The number of hydrogen-bond donors (Lipinski definition) is 0. The summed E-state index contributed by atoms with van der Waals surface area (Å²) in [5.74, 6) is 0.380. The van der Waals surface area contributed by atoms with Crippen LogP contribution in [0.1, 0.15) is 37.8 Å². The van der Waals surface area contributed by atoms with E-state index in [-0.39, 0.29) is 11.9 Å². The molecule has 0 N–H and O–H groups in total. The highest BCUT2D eigenvalue weighted by molar-refractivity contribution is 6.13. The van der Waals surface area contributed by atoms with E-state index >= 15 is 0 Å². The summed E-state index contributed by atoms with van der Waals surface area (Å²) in [7, 11) is 1.66. The zero-order chi connectivity index (χ0) is 16.3. The molecule has 1 aromatic carbocycles. The number of hydrogen-bond acceptors (Lipinski definition) is 2. The van der Waals surface area contributed by atoms with Crippen LogP contribution < -0.4 is 0 Å². The third kappa shape index (κ3) is 3.56. The Hall–Kier alpha value is -2.10. The maximum absolute atomic E-state index is 12.5. The molecule has 0 spiro atoms. The van der Waals surface area contributed by atoms with E-state index in [4.69, 9.17) is 0 Å². The van der Waals surface area contributed by atoms with Gasteiger partial charge in [-0.15, -0.1) is 0 Å². The Morgan fingerprint density at radius 3 is 2.36 bits per heavy atom. The maximum atomic E-state index is 12.5. The number of urea groups is 1. The monoisotopic (exact) mass is 300 g/mol. The van der Waals surface area contributed by atoms with Crippen LogP contribution in [0.15, 0.2) is 30.0 Å². The summed E-state index contributed by atoms with van der Waals surface area (Å²) >= 11 is 0. The van der Waals surface area contributed by atoms with Gasteiger partial charge in [-0.2, -0.15) is 0 Å². The van der Waals surface area contributed by atoms with E-state index in [0.29, 0.717) is 18.2 Å². The molecular weight excluding hydrogens is 276 g/mol. The highest BCUT2D eigenvalue weighted by atomic mass is 16.2. The molecule has 1 saturated heterocycles. The predicted octanol–water partition coefficient (Wildman–Crippen LogP) is 3.67. The van der Waals surface area contributed by atoms with Crippen LogP contribution in [0, 0.1) is 12.8 Å². The second-order valence-electron chi connectivity index (χ2n) is 6.27. The Balaban J connectivity index is 2.14. The molecule has 4 heteroatoms. The van der Waals surface area contributed by atoms with Gasteiger partial charge in [-0.1, -0.05) is 43.7 Å². The average molecular weight is 300 g/mol.